The maximum Gasteiger partial charge on any atom is 0.270 e. The second-order valence-electron chi connectivity index (χ2n) is 4.57. The van der Waals surface area contributed by atoms with Crippen molar-refractivity contribution < 1.29 is 4.79 Å². The van der Waals surface area contributed by atoms with Gasteiger partial charge in [-0.3, -0.25) is 4.79 Å². The molecular weight excluding hydrogens is 222 g/mol. The van der Waals surface area contributed by atoms with Gasteiger partial charge in [-0.25, -0.2) is 4.98 Å². The molecule has 5 heteroatoms. The van der Waals surface area contributed by atoms with Crippen LogP contribution >= 0.6 is 11.3 Å². The SMILES string of the molecule is CC1CCC(CNC(=O)c2csc(N)n2)C1. The van der Waals surface area contributed by atoms with Crippen LogP contribution in [0, 0.1) is 11.8 Å². The van der Waals surface area contributed by atoms with Crippen LogP contribution in [0.25, 0.3) is 0 Å². The molecule has 1 saturated carbocycles. The molecule has 16 heavy (non-hydrogen) atoms. The molecule has 0 radical (unpaired) electrons. The minimum atomic E-state index is -0.104. The molecule has 2 atom stereocenters. The number of nitrogens with two attached hydrogens (primary N) is 1. The van der Waals surface area contributed by atoms with Crippen molar-refractivity contribution >= 4 is 22.4 Å². The van der Waals surface area contributed by atoms with E-state index in [1.807, 2.05) is 0 Å². The maximum atomic E-state index is 11.7. The first-order valence-corrected chi connectivity index (χ1v) is 6.52. The third-order valence-electron chi connectivity index (χ3n) is 3.11. The molecule has 0 bridgehead atoms. The standard InChI is InChI=1S/C11H17N3OS/c1-7-2-3-8(4-7)5-13-10(15)9-6-16-11(12)14-9/h6-8H,2-5H2,1H3,(H2,12,14)(H,13,15). The van der Waals surface area contributed by atoms with Crippen molar-refractivity contribution in [1.29, 1.82) is 0 Å². The number of anilines is 1. The Morgan fingerprint density at radius 2 is 2.50 bits per heavy atom. The lowest BCUT2D eigenvalue weighted by Crippen LogP contribution is -2.28. The molecule has 0 saturated heterocycles. The Bertz CT molecular complexity index is 377. The zero-order valence-corrected chi connectivity index (χ0v) is 10.2. The number of aromatic nitrogens is 1. The number of hydrogen-bond donors (Lipinski definition) is 2. The Morgan fingerprint density at radius 1 is 1.69 bits per heavy atom. The highest BCUT2D eigenvalue weighted by atomic mass is 32.1. The molecule has 2 rings (SSSR count). The molecular formula is C11H17N3OS. The summed E-state index contributed by atoms with van der Waals surface area (Å²) in [5.74, 6) is 1.33. The molecule has 4 nitrogen and oxygen atoms in total. The van der Waals surface area contributed by atoms with Crippen molar-refractivity contribution in [3.05, 3.63) is 11.1 Å². The van der Waals surface area contributed by atoms with Crippen LogP contribution in [0.5, 0.6) is 0 Å². The largest absolute Gasteiger partial charge is 0.375 e. The van der Waals surface area contributed by atoms with Gasteiger partial charge in [0, 0.05) is 11.9 Å². The maximum absolute atomic E-state index is 11.7. The summed E-state index contributed by atoms with van der Waals surface area (Å²) in [4.78, 5) is 15.6. The molecule has 1 aliphatic rings. The van der Waals surface area contributed by atoms with Gasteiger partial charge in [-0.15, -0.1) is 11.3 Å². The van der Waals surface area contributed by atoms with E-state index >= 15 is 0 Å². The van der Waals surface area contributed by atoms with Crippen LogP contribution in [0.1, 0.15) is 36.7 Å². The van der Waals surface area contributed by atoms with E-state index in [9.17, 15) is 4.79 Å². The fourth-order valence-corrected chi connectivity index (χ4v) is 2.77. The van der Waals surface area contributed by atoms with Gasteiger partial charge in [-0.2, -0.15) is 0 Å². The number of hydrogen-bond acceptors (Lipinski definition) is 4. The van der Waals surface area contributed by atoms with E-state index in [2.05, 4.69) is 17.2 Å². The van der Waals surface area contributed by atoms with Crippen molar-refractivity contribution in [3.63, 3.8) is 0 Å². The number of amides is 1. The Labute approximate surface area is 99.3 Å². The lowest BCUT2D eigenvalue weighted by atomic mass is 10.1. The molecule has 1 heterocycles. The summed E-state index contributed by atoms with van der Waals surface area (Å²) in [6.07, 6.45) is 3.73. The summed E-state index contributed by atoms with van der Waals surface area (Å²) in [5.41, 5.74) is 5.92. The van der Waals surface area contributed by atoms with Crippen LogP contribution in [-0.2, 0) is 0 Å². The molecule has 1 fully saturated rings. The first kappa shape index (κ1) is 11.4. The molecule has 1 aromatic rings. The molecule has 0 aliphatic heterocycles. The van der Waals surface area contributed by atoms with E-state index in [4.69, 9.17) is 5.73 Å². The van der Waals surface area contributed by atoms with Gasteiger partial charge in [-0.1, -0.05) is 13.3 Å². The molecule has 3 N–H and O–H groups in total. The molecule has 1 aromatic heterocycles. The monoisotopic (exact) mass is 239 g/mol. The van der Waals surface area contributed by atoms with Gasteiger partial charge in [-0.05, 0) is 24.7 Å². The van der Waals surface area contributed by atoms with Crippen LogP contribution in [0.4, 0.5) is 5.13 Å². The minimum absolute atomic E-state index is 0.104. The van der Waals surface area contributed by atoms with E-state index in [-0.39, 0.29) is 5.91 Å². The number of nitrogens with one attached hydrogen (secondary N) is 1. The molecule has 88 valence electrons. The van der Waals surface area contributed by atoms with Crippen LogP contribution in [-0.4, -0.2) is 17.4 Å². The van der Waals surface area contributed by atoms with Crippen LogP contribution < -0.4 is 11.1 Å². The van der Waals surface area contributed by atoms with E-state index < -0.39 is 0 Å². The predicted molar refractivity (Wildman–Crippen MR) is 65.4 cm³/mol. The number of nitrogen functional groups attached to an aromatic ring is 1. The number of carbonyl (C=O) groups is 1. The summed E-state index contributed by atoms with van der Waals surface area (Å²) in [6, 6.07) is 0. The first-order valence-electron chi connectivity index (χ1n) is 5.64. The van der Waals surface area contributed by atoms with E-state index in [1.165, 1.54) is 30.6 Å². The quantitative estimate of drug-likeness (QED) is 0.846. The highest BCUT2D eigenvalue weighted by Gasteiger charge is 2.22. The van der Waals surface area contributed by atoms with Gasteiger partial charge in [0.15, 0.2) is 5.13 Å². The van der Waals surface area contributed by atoms with Crippen molar-refractivity contribution in [2.45, 2.75) is 26.2 Å². The van der Waals surface area contributed by atoms with Crippen molar-refractivity contribution in [1.82, 2.24) is 10.3 Å². The average Bonchev–Trinajstić information content (AvgIpc) is 2.84. The smallest absolute Gasteiger partial charge is 0.270 e. The van der Waals surface area contributed by atoms with E-state index in [0.29, 0.717) is 16.7 Å². The summed E-state index contributed by atoms with van der Waals surface area (Å²) in [6.45, 7) is 3.03. The van der Waals surface area contributed by atoms with E-state index in [0.717, 1.165) is 12.5 Å². The first-order chi connectivity index (χ1) is 7.65. The third kappa shape index (κ3) is 2.72. The van der Waals surface area contributed by atoms with Crippen LogP contribution in [0.15, 0.2) is 5.38 Å². The lowest BCUT2D eigenvalue weighted by Gasteiger charge is -2.09. The third-order valence-corrected chi connectivity index (χ3v) is 3.78. The normalized spacial score (nSPS) is 24.6. The zero-order chi connectivity index (χ0) is 11.5. The van der Waals surface area contributed by atoms with Crippen molar-refractivity contribution in [3.8, 4) is 0 Å². The molecule has 2 unspecified atom stereocenters. The molecule has 1 amide bonds. The second kappa shape index (κ2) is 4.82. The highest BCUT2D eigenvalue weighted by molar-refractivity contribution is 7.13. The Balaban J connectivity index is 1.80. The topological polar surface area (TPSA) is 68.0 Å². The second-order valence-corrected chi connectivity index (χ2v) is 5.45. The number of nitrogens with zero attached hydrogens (tertiary/aromatic N) is 1. The fourth-order valence-electron chi connectivity index (χ4n) is 2.23. The molecule has 0 aromatic carbocycles. The van der Waals surface area contributed by atoms with Gasteiger partial charge in [0.2, 0.25) is 0 Å². The highest BCUT2D eigenvalue weighted by Crippen LogP contribution is 2.29. The van der Waals surface area contributed by atoms with Gasteiger partial charge >= 0.3 is 0 Å². The number of carbonyl (C=O) groups excluding carboxylic acids is 1. The van der Waals surface area contributed by atoms with Crippen molar-refractivity contribution in [2.24, 2.45) is 11.8 Å². The Kier molecular flexibility index (Phi) is 3.43. The van der Waals surface area contributed by atoms with Crippen LogP contribution in [0.3, 0.4) is 0 Å². The van der Waals surface area contributed by atoms with Gasteiger partial charge < -0.3 is 11.1 Å². The minimum Gasteiger partial charge on any atom is -0.375 e. The lowest BCUT2D eigenvalue weighted by molar-refractivity contribution is 0.0943. The van der Waals surface area contributed by atoms with Gasteiger partial charge in [0.05, 0.1) is 0 Å². The summed E-state index contributed by atoms with van der Waals surface area (Å²) >= 11 is 1.30. The van der Waals surface area contributed by atoms with Gasteiger partial charge in [0.1, 0.15) is 5.69 Å². The fraction of sp³-hybridized carbons (Fsp3) is 0.636. The number of rotatable bonds is 3. The Morgan fingerprint density at radius 3 is 3.06 bits per heavy atom. The summed E-state index contributed by atoms with van der Waals surface area (Å²) in [5, 5.41) is 5.06. The average molecular weight is 239 g/mol. The summed E-state index contributed by atoms with van der Waals surface area (Å²) in [7, 11) is 0. The summed E-state index contributed by atoms with van der Waals surface area (Å²) < 4.78 is 0. The van der Waals surface area contributed by atoms with Crippen molar-refractivity contribution in [2.75, 3.05) is 12.3 Å². The predicted octanol–water partition coefficient (Wildman–Crippen LogP) is 1.89. The Hall–Kier alpha value is -1.10. The van der Waals surface area contributed by atoms with E-state index in [1.54, 1.807) is 5.38 Å². The molecule has 1 aliphatic carbocycles. The molecule has 0 spiro atoms. The van der Waals surface area contributed by atoms with Gasteiger partial charge in [0.25, 0.3) is 5.91 Å². The number of thiazole rings is 1. The zero-order valence-electron chi connectivity index (χ0n) is 9.40. The van der Waals surface area contributed by atoms with Crippen LogP contribution in [0.2, 0.25) is 0 Å².